The van der Waals surface area contributed by atoms with Crippen molar-refractivity contribution in [2.24, 2.45) is 0 Å². The highest BCUT2D eigenvalue weighted by Gasteiger charge is 2.17. The number of aromatic nitrogens is 2. The van der Waals surface area contributed by atoms with Gasteiger partial charge in [0.15, 0.2) is 0 Å². The molecule has 398 valence electrons. The number of aryl methyl sites for hydroxylation is 3. The van der Waals surface area contributed by atoms with E-state index in [0.717, 1.165) is 35.4 Å². The number of nitrogens with one attached hydrogen (secondary N) is 1. The molecule has 2 aromatic heterocycles. The fourth-order valence-corrected chi connectivity index (χ4v) is 10.5. The summed E-state index contributed by atoms with van der Waals surface area (Å²) in [7, 11) is 0. The van der Waals surface area contributed by atoms with Crippen molar-refractivity contribution >= 4 is 60.4 Å². The van der Waals surface area contributed by atoms with Crippen LogP contribution < -0.4 is 5.32 Å². The minimum absolute atomic E-state index is 0.393. The van der Waals surface area contributed by atoms with Crippen LogP contribution in [0, 0.1) is 13.8 Å². The zero-order valence-corrected chi connectivity index (χ0v) is 47.1. The number of halogens is 1. The number of fused-ring (bicyclic) bond motifs is 6. The Hall–Kier alpha value is -9.25. The van der Waals surface area contributed by atoms with Crippen LogP contribution in [0.15, 0.2) is 268 Å². The van der Waals surface area contributed by atoms with Crippen LogP contribution in [0.5, 0.6) is 0 Å². The monoisotopic (exact) mass is 1050 g/mol. The molecule has 0 aliphatic heterocycles. The summed E-state index contributed by atoms with van der Waals surface area (Å²) in [5.74, 6) is 0. The number of benzene rings is 9. The smallest absolute Gasteiger partial charge is 0.108 e. The summed E-state index contributed by atoms with van der Waals surface area (Å²) < 4.78 is 16.5. The summed E-state index contributed by atoms with van der Waals surface area (Å²) in [6.45, 7) is 17.0. The molecule has 0 unspecified atom stereocenters. The molecule has 0 saturated heterocycles. The van der Waals surface area contributed by atoms with Crippen molar-refractivity contribution in [3.8, 4) is 33.6 Å². The Morgan fingerprint density at radius 2 is 1.09 bits per heavy atom. The lowest BCUT2D eigenvalue weighted by molar-refractivity contribution is 0.561. The average Bonchev–Trinajstić information content (AvgIpc) is 4.04. The van der Waals surface area contributed by atoms with E-state index in [2.05, 4.69) is 268 Å². The van der Waals surface area contributed by atoms with Gasteiger partial charge in [0.25, 0.3) is 0 Å². The average molecular weight is 1050 g/mol. The SMILES string of the molecule is C=C/C=C(\C=C/C)c1cc(C(/C=C\CC)=C/C)cc(-c2cccc(-n3c4ccccc4c4cc(-c5ccc6c(c5)c5ccccc5n6-c5ccc(C)cc5)ccc43)c2)c1.CCc1ccccc1.Cc1ccccc1NC/C=C\CF. The van der Waals surface area contributed by atoms with E-state index in [9.17, 15) is 4.39 Å². The number of nitrogens with zero attached hydrogens (tertiary/aromatic N) is 2. The second-order valence-electron chi connectivity index (χ2n) is 19.9. The van der Waals surface area contributed by atoms with Crippen LogP contribution in [0.2, 0.25) is 0 Å². The summed E-state index contributed by atoms with van der Waals surface area (Å²) in [4.78, 5) is 0. The third-order valence-electron chi connectivity index (χ3n) is 14.6. The molecule has 0 bridgehead atoms. The fraction of sp³-hybridized carbons (Fsp3) is 0.132. The number of alkyl halides is 1. The van der Waals surface area contributed by atoms with E-state index in [0.29, 0.717) is 6.54 Å². The lowest BCUT2D eigenvalue weighted by atomic mass is 9.92. The quantitative estimate of drug-likeness (QED) is 0.0802. The van der Waals surface area contributed by atoms with Crippen molar-refractivity contribution in [2.45, 2.75) is 54.4 Å². The molecule has 0 saturated carbocycles. The van der Waals surface area contributed by atoms with E-state index >= 15 is 0 Å². The molecule has 3 nitrogen and oxygen atoms in total. The number of allylic oxidation sites excluding steroid dienone is 10. The van der Waals surface area contributed by atoms with Crippen LogP contribution in [0.1, 0.15) is 61.9 Å². The molecule has 0 fully saturated rings. The molecule has 80 heavy (non-hydrogen) atoms. The molecular weight excluding hydrogens is 974 g/mol. The summed E-state index contributed by atoms with van der Waals surface area (Å²) in [5.41, 5.74) is 21.5. The largest absolute Gasteiger partial charge is 0.381 e. The Morgan fingerprint density at radius 1 is 0.500 bits per heavy atom. The number of anilines is 1. The fourth-order valence-electron chi connectivity index (χ4n) is 10.5. The highest BCUT2D eigenvalue weighted by atomic mass is 19.1. The second kappa shape index (κ2) is 26.9. The second-order valence-corrected chi connectivity index (χ2v) is 19.9. The molecule has 0 amide bonds. The van der Waals surface area contributed by atoms with Crippen molar-refractivity contribution in [1.82, 2.24) is 9.13 Å². The van der Waals surface area contributed by atoms with Gasteiger partial charge in [-0.25, -0.2) is 4.39 Å². The molecule has 0 aliphatic carbocycles. The third kappa shape index (κ3) is 12.7. The highest BCUT2D eigenvalue weighted by Crippen LogP contribution is 2.39. The molecule has 11 rings (SSSR count). The standard InChI is InChI=1S/C57H48N2.C11H14FN.C8H10/c1-6-10-18-40(9-4)45-33-46(41(16-7-2)17-8-3)35-47(34-45)42-19-15-20-49(36-42)59-55-24-14-12-22-51(55)53-38-44(28-32-57(53)59)43-27-31-56-52(37-43)50-21-11-13-23-54(50)58(56)48-29-25-39(5)26-30-48;1-10-6-2-3-7-11(10)13-9-5-4-8-12;1-2-8-6-4-3-5-7-8/h7-38H,2,6H2,1,3-5H3;2-7,13H,8-9H2,1H3;3-7H,2H2,1H3/b17-8-,18-10-,40-9+,41-16+;5-4-;. The first-order valence-electron chi connectivity index (χ1n) is 28.0. The van der Waals surface area contributed by atoms with E-state index in [1.807, 2.05) is 43.3 Å². The van der Waals surface area contributed by atoms with Gasteiger partial charge < -0.3 is 14.5 Å². The van der Waals surface area contributed by atoms with Crippen LogP contribution in [0.4, 0.5) is 10.1 Å². The van der Waals surface area contributed by atoms with Crippen molar-refractivity contribution < 1.29 is 4.39 Å². The van der Waals surface area contributed by atoms with E-state index in [1.165, 1.54) is 105 Å². The summed E-state index contributed by atoms with van der Waals surface area (Å²) in [5, 5.41) is 8.18. The van der Waals surface area contributed by atoms with Gasteiger partial charge in [0.2, 0.25) is 0 Å². The Balaban J connectivity index is 0.000000308. The maximum Gasteiger partial charge on any atom is 0.108 e. The molecule has 0 atom stereocenters. The number of hydrogen-bond donors (Lipinski definition) is 1. The normalized spacial score (nSPS) is 11.9. The van der Waals surface area contributed by atoms with Crippen LogP contribution >= 0.6 is 0 Å². The lowest BCUT2D eigenvalue weighted by Crippen LogP contribution is -1.99. The molecule has 0 aliphatic rings. The van der Waals surface area contributed by atoms with Crippen LogP contribution in [0.3, 0.4) is 0 Å². The van der Waals surface area contributed by atoms with Gasteiger partial charge in [-0.3, -0.25) is 0 Å². The van der Waals surface area contributed by atoms with E-state index in [-0.39, 0.29) is 0 Å². The van der Waals surface area contributed by atoms with E-state index < -0.39 is 6.67 Å². The molecule has 0 spiro atoms. The van der Waals surface area contributed by atoms with Gasteiger partial charge in [0, 0.05) is 45.2 Å². The topological polar surface area (TPSA) is 21.9 Å². The Kier molecular flexibility index (Phi) is 18.6. The van der Waals surface area contributed by atoms with Gasteiger partial charge in [0.05, 0.1) is 22.1 Å². The molecule has 4 heteroatoms. The van der Waals surface area contributed by atoms with Gasteiger partial charge in [-0.2, -0.15) is 0 Å². The highest BCUT2D eigenvalue weighted by molar-refractivity contribution is 6.12. The molecule has 2 heterocycles. The van der Waals surface area contributed by atoms with Crippen molar-refractivity contribution in [1.29, 1.82) is 0 Å². The van der Waals surface area contributed by atoms with Gasteiger partial charge in [-0.05, 0) is 181 Å². The van der Waals surface area contributed by atoms with Crippen molar-refractivity contribution in [3.63, 3.8) is 0 Å². The van der Waals surface area contributed by atoms with Gasteiger partial charge in [0.1, 0.15) is 6.67 Å². The van der Waals surface area contributed by atoms with E-state index in [1.54, 1.807) is 6.08 Å². The van der Waals surface area contributed by atoms with Gasteiger partial charge >= 0.3 is 0 Å². The Labute approximate surface area is 473 Å². The van der Waals surface area contributed by atoms with Crippen LogP contribution in [-0.4, -0.2) is 22.4 Å². The molecule has 11 aromatic rings. The molecular formula is C76H72FN3. The lowest BCUT2D eigenvalue weighted by Gasteiger charge is -2.14. The maximum absolute atomic E-state index is 11.7. The van der Waals surface area contributed by atoms with Gasteiger partial charge in [-0.15, -0.1) is 0 Å². The molecule has 9 aromatic carbocycles. The van der Waals surface area contributed by atoms with Gasteiger partial charge in [-0.1, -0.05) is 202 Å². The van der Waals surface area contributed by atoms with Crippen LogP contribution in [-0.2, 0) is 6.42 Å². The predicted molar refractivity (Wildman–Crippen MR) is 347 cm³/mol. The number of para-hydroxylation sites is 3. The molecule has 0 radical (unpaired) electrons. The predicted octanol–water partition coefficient (Wildman–Crippen LogP) is 21.2. The third-order valence-corrected chi connectivity index (χ3v) is 14.6. The minimum atomic E-state index is -0.393. The Morgan fingerprint density at radius 3 is 1.68 bits per heavy atom. The summed E-state index contributed by atoms with van der Waals surface area (Å²) >= 11 is 0. The van der Waals surface area contributed by atoms with E-state index in [4.69, 9.17) is 0 Å². The summed E-state index contributed by atoms with van der Waals surface area (Å²) in [6, 6.07) is 74.7. The molecule has 1 N–H and O–H groups in total. The van der Waals surface area contributed by atoms with Crippen molar-refractivity contribution in [2.75, 3.05) is 18.5 Å². The number of hydrogen-bond acceptors (Lipinski definition) is 1. The minimum Gasteiger partial charge on any atom is -0.381 e. The first-order chi connectivity index (χ1) is 39.3. The number of rotatable bonds is 15. The first kappa shape index (κ1) is 55.5. The zero-order valence-electron chi connectivity index (χ0n) is 47.1. The summed E-state index contributed by atoms with van der Waals surface area (Å²) in [6.07, 6.45) is 20.3. The van der Waals surface area contributed by atoms with Crippen LogP contribution in [0.25, 0.3) is 88.4 Å². The van der Waals surface area contributed by atoms with Crippen molar-refractivity contribution in [3.05, 3.63) is 295 Å². The maximum atomic E-state index is 11.7. The zero-order chi connectivity index (χ0) is 55.8. The first-order valence-corrected chi connectivity index (χ1v) is 28.0. The Bertz CT molecular complexity index is 4060.